The van der Waals surface area contributed by atoms with E-state index in [4.69, 9.17) is 46.4 Å². The summed E-state index contributed by atoms with van der Waals surface area (Å²) in [7, 11) is -3.95. The molecule has 1 saturated carbocycles. The number of amides is 2. The van der Waals surface area contributed by atoms with Crippen molar-refractivity contribution < 1.29 is 18.0 Å². The van der Waals surface area contributed by atoms with Gasteiger partial charge in [0.1, 0.15) is 12.6 Å². The fourth-order valence-corrected chi connectivity index (χ4v) is 6.17. The lowest BCUT2D eigenvalue weighted by Crippen LogP contribution is -2.53. The molecule has 1 aliphatic rings. The molecule has 1 atom stereocenters. The van der Waals surface area contributed by atoms with Crippen molar-refractivity contribution in [2.75, 3.05) is 17.1 Å². The Hall–Kier alpha value is -1.71. The summed E-state index contributed by atoms with van der Waals surface area (Å²) in [5, 5.41) is 3.95. The van der Waals surface area contributed by atoms with Crippen LogP contribution in [0, 0.1) is 0 Å². The smallest absolute Gasteiger partial charge is 0.244 e. The van der Waals surface area contributed by atoms with Gasteiger partial charge in [0.25, 0.3) is 0 Å². The second kappa shape index (κ2) is 12.9. The van der Waals surface area contributed by atoms with Crippen LogP contribution in [0.5, 0.6) is 0 Å². The molecule has 0 heterocycles. The Morgan fingerprint density at radius 2 is 1.73 bits per heavy atom. The maximum Gasteiger partial charge on any atom is 0.244 e. The van der Waals surface area contributed by atoms with Crippen molar-refractivity contribution >= 4 is 73.9 Å². The van der Waals surface area contributed by atoms with E-state index in [0.717, 1.165) is 36.2 Å². The van der Waals surface area contributed by atoms with Crippen LogP contribution in [0.25, 0.3) is 0 Å². The fourth-order valence-electron chi connectivity index (χ4n) is 4.40. The third-order valence-corrected chi connectivity index (χ3v) is 8.84. The number of halogens is 4. The van der Waals surface area contributed by atoms with E-state index in [1.165, 1.54) is 17.0 Å². The second-order valence-corrected chi connectivity index (χ2v) is 12.5. The van der Waals surface area contributed by atoms with Crippen molar-refractivity contribution in [3.05, 3.63) is 62.1 Å². The number of carbonyl (C=O) groups excluding carboxylic acids is 2. The number of hydrogen-bond acceptors (Lipinski definition) is 4. The number of sulfonamides is 1. The zero-order valence-corrected chi connectivity index (χ0v) is 24.4. The third kappa shape index (κ3) is 7.67. The molecule has 0 radical (unpaired) electrons. The van der Waals surface area contributed by atoms with Crippen molar-refractivity contribution in [3.63, 3.8) is 0 Å². The van der Waals surface area contributed by atoms with E-state index < -0.39 is 28.5 Å². The van der Waals surface area contributed by atoms with E-state index in [1.54, 1.807) is 31.2 Å². The predicted molar refractivity (Wildman–Crippen MR) is 150 cm³/mol. The molecule has 0 saturated heterocycles. The summed E-state index contributed by atoms with van der Waals surface area (Å²) < 4.78 is 26.4. The molecule has 2 aromatic carbocycles. The molecule has 12 heteroatoms. The molecule has 7 nitrogen and oxygen atoms in total. The lowest BCUT2D eigenvalue weighted by atomic mass is 10.1. The van der Waals surface area contributed by atoms with E-state index in [1.807, 2.05) is 0 Å². The van der Waals surface area contributed by atoms with Gasteiger partial charge >= 0.3 is 0 Å². The molecule has 3 rings (SSSR count). The minimum Gasteiger partial charge on any atom is -0.352 e. The van der Waals surface area contributed by atoms with Gasteiger partial charge in [0, 0.05) is 22.6 Å². The Bertz CT molecular complexity index is 1250. The quantitative estimate of drug-likeness (QED) is 0.362. The Balaban J connectivity index is 1.98. The van der Waals surface area contributed by atoms with Gasteiger partial charge in [-0.2, -0.15) is 0 Å². The summed E-state index contributed by atoms with van der Waals surface area (Å²) in [6.07, 6.45) is 5.12. The first kappa shape index (κ1) is 29.8. The molecule has 0 aliphatic heterocycles. The van der Waals surface area contributed by atoms with Crippen LogP contribution in [0.3, 0.4) is 0 Å². The van der Waals surface area contributed by atoms with Crippen LogP contribution in [0.2, 0.25) is 20.1 Å². The summed E-state index contributed by atoms with van der Waals surface area (Å²) >= 11 is 24.8. The molecular formula is C25H29Cl4N3O4S. The number of anilines is 1. The molecule has 0 unspecified atom stereocenters. The number of nitrogens with one attached hydrogen (secondary N) is 1. The van der Waals surface area contributed by atoms with E-state index in [2.05, 4.69) is 5.32 Å². The lowest BCUT2D eigenvalue weighted by Gasteiger charge is -2.33. The van der Waals surface area contributed by atoms with Gasteiger partial charge in [0.05, 0.1) is 22.0 Å². The Labute approximate surface area is 238 Å². The highest BCUT2D eigenvalue weighted by molar-refractivity contribution is 7.92. The van der Waals surface area contributed by atoms with Gasteiger partial charge in [-0.05, 0) is 49.1 Å². The van der Waals surface area contributed by atoms with Crippen LogP contribution >= 0.6 is 46.4 Å². The maximum atomic E-state index is 13.8. The molecule has 202 valence electrons. The molecule has 1 fully saturated rings. The molecule has 2 amide bonds. The zero-order chi connectivity index (χ0) is 27.3. The van der Waals surface area contributed by atoms with Crippen molar-refractivity contribution in [2.45, 2.75) is 57.7 Å². The summed E-state index contributed by atoms with van der Waals surface area (Å²) in [4.78, 5) is 28.5. The highest BCUT2D eigenvalue weighted by atomic mass is 35.5. The topological polar surface area (TPSA) is 86.8 Å². The van der Waals surface area contributed by atoms with E-state index >= 15 is 0 Å². The highest BCUT2D eigenvalue weighted by Gasteiger charge is 2.34. The van der Waals surface area contributed by atoms with E-state index in [0.29, 0.717) is 22.0 Å². The van der Waals surface area contributed by atoms with Gasteiger partial charge < -0.3 is 10.2 Å². The van der Waals surface area contributed by atoms with Crippen molar-refractivity contribution in [1.29, 1.82) is 0 Å². The first-order valence-electron chi connectivity index (χ1n) is 11.9. The minimum absolute atomic E-state index is 0.000653. The first-order chi connectivity index (χ1) is 17.4. The molecule has 0 spiro atoms. The van der Waals surface area contributed by atoms with E-state index in [9.17, 15) is 18.0 Å². The second-order valence-electron chi connectivity index (χ2n) is 9.01. The molecular weight excluding hydrogens is 580 g/mol. The SMILES string of the molecule is CC[C@@H](C(=O)NC1CCCC1)N(Cc1ccc(Cl)cc1Cl)C(=O)CN(c1cccc(Cl)c1Cl)S(C)(=O)=O. The van der Waals surface area contributed by atoms with E-state index in [-0.39, 0.29) is 34.2 Å². The van der Waals surface area contributed by atoms with Crippen LogP contribution in [0.1, 0.15) is 44.6 Å². The van der Waals surface area contributed by atoms with Crippen molar-refractivity contribution in [1.82, 2.24) is 10.2 Å². The molecule has 0 bridgehead atoms. The van der Waals surface area contributed by atoms with Gasteiger partial charge in [-0.25, -0.2) is 8.42 Å². The van der Waals surface area contributed by atoms with Crippen molar-refractivity contribution in [3.8, 4) is 0 Å². The Morgan fingerprint density at radius 3 is 2.32 bits per heavy atom. The largest absolute Gasteiger partial charge is 0.352 e. The molecule has 1 N–H and O–H groups in total. The maximum absolute atomic E-state index is 13.8. The van der Waals surface area contributed by atoms with Crippen LogP contribution in [-0.2, 0) is 26.2 Å². The Morgan fingerprint density at radius 1 is 1.05 bits per heavy atom. The zero-order valence-electron chi connectivity index (χ0n) is 20.5. The van der Waals surface area contributed by atoms with Crippen LogP contribution in [0.15, 0.2) is 36.4 Å². The summed E-state index contributed by atoms with van der Waals surface area (Å²) in [6.45, 7) is 1.19. The minimum atomic E-state index is -3.95. The van der Waals surface area contributed by atoms with Gasteiger partial charge in [0.15, 0.2) is 0 Å². The predicted octanol–water partition coefficient (Wildman–Crippen LogP) is 5.93. The fraction of sp³-hybridized carbons (Fsp3) is 0.440. The van der Waals surface area contributed by atoms with Gasteiger partial charge in [0.2, 0.25) is 21.8 Å². The number of carbonyl (C=O) groups is 2. The number of benzene rings is 2. The molecule has 37 heavy (non-hydrogen) atoms. The average molecular weight is 609 g/mol. The Kier molecular flexibility index (Phi) is 10.4. The van der Waals surface area contributed by atoms with Gasteiger partial charge in [-0.3, -0.25) is 13.9 Å². The monoisotopic (exact) mass is 607 g/mol. The summed E-state index contributed by atoms with van der Waals surface area (Å²) in [6, 6.07) is 8.59. The first-order valence-corrected chi connectivity index (χ1v) is 15.2. The molecule has 0 aromatic heterocycles. The highest BCUT2D eigenvalue weighted by Crippen LogP contribution is 2.34. The number of nitrogens with zero attached hydrogens (tertiary/aromatic N) is 2. The lowest BCUT2D eigenvalue weighted by molar-refractivity contribution is -0.140. The number of rotatable bonds is 10. The van der Waals surface area contributed by atoms with Crippen LogP contribution < -0.4 is 9.62 Å². The molecule has 2 aromatic rings. The van der Waals surface area contributed by atoms with Crippen LogP contribution in [-0.4, -0.2) is 50.0 Å². The normalized spacial score (nSPS) is 14.9. The standard InChI is InChI=1S/C25H29Cl4N3O4S/c1-3-21(25(34)30-18-7-4-5-8-18)31(14-16-11-12-17(26)13-20(16)28)23(33)15-32(37(2,35)36)22-10-6-9-19(27)24(22)29/h6,9-13,18,21H,3-5,7-8,14-15H2,1-2H3,(H,30,34)/t21-/m0/s1. The third-order valence-electron chi connectivity index (χ3n) is 6.32. The average Bonchev–Trinajstić information content (AvgIpc) is 3.33. The summed E-state index contributed by atoms with van der Waals surface area (Å²) in [5.41, 5.74) is 0.635. The summed E-state index contributed by atoms with van der Waals surface area (Å²) in [5.74, 6) is -0.888. The van der Waals surface area contributed by atoms with Crippen LogP contribution in [0.4, 0.5) is 5.69 Å². The van der Waals surface area contributed by atoms with Gasteiger partial charge in [-0.15, -0.1) is 0 Å². The molecule has 1 aliphatic carbocycles. The number of hydrogen-bond donors (Lipinski definition) is 1. The van der Waals surface area contributed by atoms with Crippen molar-refractivity contribution in [2.24, 2.45) is 0 Å². The van der Waals surface area contributed by atoms with Gasteiger partial charge in [-0.1, -0.05) is 78.3 Å².